The molecule has 1 N–H and O–H groups in total. The van der Waals surface area contributed by atoms with Gasteiger partial charge in [-0.1, -0.05) is 5.16 Å². The second-order valence-corrected chi connectivity index (χ2v) is 5.55. The highest BCUT2D eigenvalue weighted by atomic mass is 16.5. The van der Waals surface area contributed by atoms with Crippen LogP contribution in [0.25, 0.3) is 0 Å². The van der Waals surface area contributed by atoms with Crippen LogP contribution >= 0.6 is 0 Å². The van der Waals surface area contributed by atoms with E-state index in [2.05, 4.69) is 15.5 Å². The second-order valence-electron chi connectivity index (χ2n) is 5.55. The van der Waals surface area contributed by atoms with E-state index in [4.69, 9.17) is 4.52 Å². The van der Waals surface area contributed by atoms with Crippen molar-refractivity contribution in [2.45, 2.75) is 37.5 Å². The van der Waals surface area contributed by atoms with Gasteiger partial charge in [0.05, 0.1) is 11.4 Å². The molecule has 0 saturated heterocycles. The number of pyridine rings is 1. The molecule has 2 aromatic heterocycles. The minimum Gasteiger partial charge on any atom is -0.360 e. The maximum atomic E-state index is 12.2. The topological polar surface area (TPSA) is 68.0 Å². The average Bonchev–Trinajstić information content (AvgIpc) is 3.38. The molecule has 2 aromatic rings. The zero-order valence-corrected chi connectivity index (χ0v) is 11.0. The van der Waals surface area contributed by atoms with Gasteiger partial charge in [-0.25, -0.2) is 0 Å². The minimum absolute atomic E-state index is 0.226. The number of amides is 1. The van der Waals surface area contributed by atoms with Crippen molar-refractivity contribution in [2.24, 2.45) is 0 Å². The van der Waals surface area contributed by atoms with Gasteiger partial charge in [0, 0.05) is 24.1 Å². The molecular formula is C15H15N3O2. The highest BCUT2D eigenvalue weighted by molar-refractivity contribution is 6.03. The van der Waals surface area contributed by atoms with Crippen LogP contribution in [-0.2, 0) is 0 Å². The lowest BCUT2D eigenvalue weighted by molar-refractivity contribution is 0.101. The third-order valence-electron chi connectivity index (χ3n) is 3.79. The molecule has 2 saturated carbocycles. The van der Waals surface area contributed by atoms with Gasteiger partial charge in [-0.2, -0.15) is 0 Å². The van der Waals surface area contributed by atoms with E-state index >= 15 is 0 Å². The molecule has 2 aliphatic rings. The van der Waals surface area contributed by atoms with E-state index in [-0.39, 0.29) is 5.91 Å². The number of nitrogens with zero attached hydrogens (tertiary/aromatic N) is 2. The summed E-state index contributed by atoms with van der Waals surface area (Å²) in [4.78, 5) is 16.6. The van der Waals surface area contributed by atoms with Crippen molar-refractivity contribution in [2.75, 3.05) is 5.32 Å². The van der Waals surface area contributed by atoms with Crippen LogP contribution in [0.5, 0.6) is 0 Å². The largest absolute Gasteiger partial charge is 0.360 e. The monoisotopic (exact) mass is 269 g/mol. The Morgan fingerprint density at radius 3 is 2.80 bits per heavy atom. The Hall–Kier alpha value is -2.17. The fourth-order valence-electron chi connectivity index (χ4n) is 2.35. The van der Waals surface area contributed by atoms with E-state index in [1.165, 1.54) is 0 Å². The van der Waals surface area contributed by atoms with Crippen molar-refractivity contribution in [3.8, 4) is 0 Å². The van der Waals surface area contributed by atoms with Crippen LogP contribution in [-0.4, -0.2) is 16.0 Å². The highest BCUT2D eigenvalue weighted by Crippen LogP contribution is 2.42. The maximum Gasteiger partial charge on any atom is 0.277 e. The average molecular weight is 269 g/mol. The first kappa shape index (κ1) is 11.6. The lowest BCUT2D eigenvalue weighted by Gasteiger charge is -2.07. The molecule has 0 aliphatic heterocycles. The second kappa shape index (κ2) is 4.44. The quantitative estimate of drug-likeness (QED) is 0.926. The fourth-order valence-corrected chi connectivity index (χ4v) is 2.35. The minimum atomic E-state index is -0.226. The van der Waals surface area contributed by atoms with Crippen molar-refractivity contribution in [3.63, 3.8) is 0 Å². The first-order valence-corrected chi connectivity index (χ1v) is 7.04. The van der Waals surface area contributed by atoms with E-state index in [0.29, 0.717) is 17.5 Å². The van der Waals surface area contributed by atoms with Crippen molar-refractivity contribution in [1.29, 1.82) is 0 Å². The molecule has 0 bridgehead atoms. The summed E-state index contributed by atoms with van der Waals surface area (Å²) in [7, 11) is 0. The SMILES string of the molecule is O=C(Nc1cccnc1C1CC1)c1cc(C2CC2)on1. The summed E-state index contributed by atoms with van der Waals surface area (Å²) in [5, 5.41) is 6.75. The standard InChI is InChI=1S/C15H15N3O2/c19-15(12-8-13(20-18-12)9-3-4-9)17-11-2-1-7-16-14(11)10-5-6-10/h1-2,7-10H,3-6H2,(H,17,19). The predicted octanol–water partition coefficient (Wildman–Crippen LogP) is 3.08. The van der Waals surface area contributed by atoms with Crippen LogP contribution in [0.15, 0.2) is 28.9 Å². The molecule has 102 valence electrons. The lowest BCUT2D eigenvalue weighted by Crippen LogP contribution is -2.14. The van der Waals surface area contributed by atoms with Gasteiger partial charge in [-0.15, -0.1) is 0 Å². The molecule has 20 heavy (non-hydrogen) atoms. The number of anilines is 1. The van der Waals surface area contributed by atoms with E-state index in [9.17, 15) is 4.79 Å². The molecule has 0 radical (unpaired) electrons. The Balaban J connectivity index is 1.54. The van der Waals surface area contributed by atoms with Crippen LogP contribution in [0.2, 0.25) is 0 Å². The Kier molecular flexibility index (Phi) is 2.58. The van der Waals surface area contributed by atoms with Crippen molar-refractivity contribution < 1.29 is 9.32 Å². The zero-order valence-electron chi connectivity index (χ0n) is 11.0. The van der Waals surface area contributed by atoms with Gasteiger partial charge in [-0.05, 0) is 37.8 Å². The van der Waals surface area contributed by atoms with Gasteiger partial charge in [0.2, 0.25) is 0 Å². The molecule has 2 heterocycles. The molecule has 2 fully saturated rings. The third-order valence-corrected chi connectivity index (χ3v) is 3.79. The van der Waals surface area contributed by atoms with Crippen LogP contribution in [0.3, 0.4) is 0 Å². The van der Waals surface area contributed by atoms with E-state index in [1.807, 2.05) is 12.1 Å². The van der Waals surface area contributed by atoms with Crippen LogP contribution in [0, 0.1) is 0 Å². The fraction of sp³-hybridized carbons (Fsp3) is 0.400. The molecule has 5 nitrogen and oxygen atoms in total. The molecule has 1 amide bonds. The maximum absolute atomic E-state index is 12.2. The highest BCUT2D eigenvalue weighted by Gasteiger charge is 2.30. The Labute approximate surface area is 116 Å². The summed E-state index contributed by atoms with van der Waals surface area (Å²) >= 11 is 0. The smallest absolute Gasteiger partial charge is 0.277 e. The van der Waals surface area contributed by atoms with Crippen LogP contribution < -0.4 is 5.32 Å². The van der Waals surface area contributed by atoms with Gasteiger partial charge < -0.3 is 9.84 Å². The Bertz CT molecular complexity index is 657. The third kappa shape index (κ3) is 2.19. The van der Waals surface area contributed by atoms with Gasteiger partial charge >= 0.3 is 0 Å². The van der Waals surface area contributed by atoms with Crippen LogP contribution in [0.4, 0.5) is 5.69 Å². The van der Waals surface area contributed by atoms with Crippen LogP contribution in [0.1, 0.15) is 59.5 Å². The summed E-state index contributed by atoms with van der Waals surface area (Å²) < 4.78 is 5.21. The lowest BCUT2D eigenvalue weighted by atomic mass is 10.2. The summed E-state index contributed by atoms with van der Waals surface area (Å²) in [5.74, 6) is 1.55. The molecule has 0 aromatic carbocycles. The number of hydrogen-bond acceptors (Lipinski definition) is 4. The molecular weight excluding hydrogens is 254 g/mol. The van der Waals surface area contributed by atoms with Crippen molar-refractivity contribution >= 4 is 11.6 Å². The number of carbonyl (C=O) groups excluding carboxylic acids is 1. The summed E-state index contributed by atoms with van der Waals surface area (Å²) in [5.41, 5.74) is 2.11. The summed E-state index contributed by atoms with van der Waals surface area (Å²) in [6, 6.07) is 5.47. The van der Waals surface area contributed by atoms with E-state index in [1.54, 1.807) is 12.3 Å². The van der Waals surface area contributed by atoms with Gasteiger partial charge in [-0.3, -0.25) is 9.78 Å². The molecule has 2 aliphatic carbocycles. The Morgan fingerprint density at radius 1 is 1.25 bits per heavy atom. The number of rotatable bonds is 4. The van der Waals surface area contributed by atoms with Gasteiger partial charge in [0.15, 0.2) is 5.69 Å². The molecule has 4 rings (SSSR count). The molecule has 0 spiro atoms. The number of nitrogens with one attached hydrogen (secondary N) is 1. The van der Waals surface area contributed by atoms with Crippen molar-refractivity contribution in [3.05, 3.63) is 41.5 Å². The van der Waals surface area contributed by atoms with Crippen molar-refractivity contribution in [1.82, 2.24) is 10.1 Å². The number of aromatic nitrogens is 2. The van der Waals surface area contributed by atoms with E-state index < -0.39 is 0 Å². The van der Waals surface area contributed by atoms with Gasteiger partial charge in [0.25, 0.3) is 5.91 Å². The molecule has 0 atom stereocenters. The first-order chi connectivity index (χ1) is 9.81. The number of hydrogen-bond donors (Lipinski definition) is 1. The molecule has 0 unspecified atom stereocenters. The van der Waals surface area contributed by atoms with E-state index in [0.717, 1.165) is 42.8 Å². The normalized spacial score (nSPS) is 18.0. The van der Waals surface area contributed by atoms with Gasteiger partial charge in [0.1, 0.15) is 5.76 Å². The summed E-state index contributed by atoms with van der Waals surface area (Å²) in [6.07, 6.45) is 6.32. The summed E-state index contributed by atoms with van der Waals surface area (Å²) in [6.45, 7) is 0. The Morgan fingerprint density at radius 2 is 2.05 bits per heavy atom. The molecule has 5 heteroatoms. The first-order valence-electron chi connectivity index (χ1n) is 7.04. The zero-order chi connectivity index (χ0) is 13.5. The predicted molar refractivity (Wildman–Crippen MR) is 72.6 cm³/mol. The number of carbonyl (C=O) groups is 1.